The molecule has 17 heavy (non-hydrogen) atoms. The second-order valence-corrected chi connectivity index (χ2v) is 5.23. The highest BCUT2D eigenvalue weighted by Crippen LogP contribution is 2.51. The highest BCUT2D eigenvalue weighted by atomic mass is 32.1. The quantitative estimate of drug-likeness (QED) is 0.119. The molecule has 0 spiro atoms. The molecule has 0 amide bonds. The van der Waals surface area contributed by atoms with Crippen LogP contribution in [-0.4, -0.2) is 82.4 Å². The molecule has 0 aromatic heterocycles. The molecule has 0 bridgehead atoms. The van der Waals surface area contributed by atoms with Gasteiger partial charge in [0, 0.05) is 0 Å². The Morgan fingerprint density at radius 1 is 0.824 bits per heavy atom. The van der Waals surface area contributed by atoms with Gasteiger partial charge in [-0.15, -0.1) is 0 Å². The zero-order valence-electron chi connectivity index (χ0n) is 9.10. The van der Waals surface area contributed by atoms with Gasteiger partial charge in [0.1, 0.15) is 11.1 Å². The van der Waals surface area contributed by atoms with Crippen molar-refractivity contribution >= 4 is 20.5 Å². The van der Waals surface area contributed by atoms with Gasteiger partial charge in [-0.25, -0.2) is 0 Å². The van der Waals surface area contributed by atoms with E-state index in [2.05, 4.69) is 12.6 Å². The molecule has 8 N–H and O–H groups in total. The van der Waals surface area contributed by atoms with E-state index >= 15 is 0 Å². The summed E-state index contributed by atoms with van der Waals surface area (Å²) in [4.78, 5) is 0. The third kappa shape index (κ3) is 1.38. The molecule has 1 fully saturated rings. The van der Waals surface area contributed by atoms with Crippen molar-refractivity contribution < 1.29 is 40.9 Å². The van der Waals surface area contributed by atoms with E-state index in [4.69, 9.17) is 0 Å². The van der Waals surface area contributed by atoms with E-state index in [1.165, 1.54) is 0 Å². The minimum absolute atomic E-state index is 0.746. The van der Waals surface area contributed by atoms with Crippen LogP contribution in [0, 0.1) is 0 Å². The van der Waals surface area contributed by atoms with Crippen LogP contribution in [0.1, 0.15) is 6.92 Å². The van der Waals surface area contributed by atoms with Gasteiger partial charge in [0.15, 0.2) is 7.85 Å². The van der Waals surface area contributed by atoms with E-state index in [1.54, 1.807) is 0 Å². The normalized spacial score (nSPS) is 47.8. The predicted octanol–water partition coefficient (Wildman–Crippen LogP) is -5.59. The molecular weight excluding hydrogens is 255 g/mol. The molecule has 10 heteroatoms. The lowest BCUT2D eigenvalue weighted by atomic mass is 9.56. The number of rotatable bonds is 0. The zero-order chi connectivity index (χ0) is 14.1. The fourth-order valence-electron chi connectivity index (χ4n) is 1.88. The topological polar surface area (TPSA) is 162 Å². The highest BCUT2D eigenvalue weighted by molar-refractivity contribution is 7.81. The first-order valence-corrected chi connectivity index (χ1v) is 5.14. The molecule has 8 nitrogen and oxygen atoms in total. The van der Waals surface area contributed by atoms with Gasteiger partial charge in [0.2, 0.25) is 5.79 Å². The van der Waals surface area contributed by atoms with Crippen molar-refractivity contribution in [3.63, 3.8) is 0 Å². The molecule has 0 aromatic rings. The molecule has 1 saturated carbocycles. The van der Waals surface area contributed by atoms with Crippen LogP contribution in [0.2, 0.25) is 0 Å². The van der Waals surface area contributed by atoms with Gasteiger partial charge in [0.05, 0.1) is 5.25 Å². The molecule has 100 valence electrons. The molecule has 0 aromatic carbocycles. The fraction of sp³-hybridized carbons (Fsp3) is 1.00. The van der Waals surface area contributed by atoms with Crippen molar-refractivity contribution in [1.82, 2.24) is 0 Å². The summed E-state index contributed by atoms with van der Waals surface area (Å²) in [7, 11) is 0.746. The lowest BCUT2D eigenvalue weighted by molar-refractivity contribution is -0.516. The maximum absolute atomic E-state index is 9.80. The summed E-state index contributed by atoms with van der Waals surface area (Å²) >= 11 is 3.66. The van der Waals surface area contributed by atoms with Crippen LogP contribution in [0.4, 0.5) is 0 Å². The van der Waals surface area contributed by atoms with E-state index in [-0.39, 0.29) is 0 Å². The van der Waals surface area contributed by atoms with Crippen LogP contribution in [0.3, 0.4) is 0 Å². The van der Waals surface area contributed by atoms with Crippen LogP contribution < -0.4 is 0 Å². The van der Waals surface area contributed by atoms with Crippen molar-refractivity contribution in [1.29, 1.82) is 0 Å². The summed E-state index contributed by atoms with van der Waals surface area (Å²) in [6.45, 7) is 0.746. The lowest BCUT2D eigenvalue weighted by Gasteiger charge is -2.61. The van der Waals surface area contributed by atoms with Gasteiger partial charge in [-0.3, -0.25) is 0 Å². The Hall–Kier alpha value is 0.0949. The van der Waals surface area contributed by atoms with Crippen LogP contribution in [0.5, 0.6) is 0 Å². The zero-order valence-corrected chi connectivity index (χ0v) is 10.00. The van der Waals surface area contributed by atoms with E-state index < -0.39 is 33.7 Å². The average Bonchev–Trinajstić information content (AvgIpc) is 2.13. The SMILES string of the molecule is BC1(O)C(S)C(C)(O)C(O)(O)C(O)(O)C1(O)O. The van der Waals surface area contributed by atoms with Crippen molar-refractivity contribution in [3.8, 4) is 0 Å². The monoisotopic (exact) mass is 270 g/mol. The second kappa shape index (κ2) is 3.35. The third-order valence-corrected chi connectivity index (χ3v) is 4.45. The number of hydrogen-bond donors (Lipinski definition) is 9. The molecular formula is C7H15BO8S. The maximum atomic E-state index is 9.80. The number of hydrogen-bond acceptors (Lipinski definition) is 9. The summed E-state index contributed by atoms with van der Waals surface area (Å²) < 4.78 is 0. The van der Waals surface area contributed by atoms with Crippen molar-refractivity contribution in [2.45, 2.75) is 40.6 Å². The Morgan fingerprint density at radius 3 is 1.53 bits per heavy atom. The maximum Gasteiger partial charge on any atom is 0.279 e. The molecule has 1 rings (SSSR count). The first kappa shape index (κ1) is 15.2. The highest BCUT2D eigenvalue weighted by Gasteiger charge is 2.81. The summed E-state index contributed by atoms with van der Waals surface area (Å²) in [6.07, 6.45) is 0. The lowest BCUT2D eigenvalue weighted by Crippen LogP contribution is -2.90. The summed E-state index contributed by atoms with van der Waals surface area (Å²) in [5, 5.41) is 74.6. The molecule has 0 saturated heterocycles. The Kier molecular flexibility index (Phi) is 2.98. The second-order valence-electron chi connectivity index (χ2n) is 4.71. The average molecular weight is 270 g/mol. The van der Waals surface area contributed by atoms with Crippen LogP contribution in [0.15, 0.2) is 0 Å². The van der Waals surface area contributed by atoms with Gasteiger partial charge in [-0.05, 0) is 6.92 Å². The molecule has 0 aliphatic heterocycles. The van der Waals surface area contributed by atoms with Gasteiger partial charge < -0.3 is 40.9 Å². The molecule has 3 unspecified atom stereocenters. The molecule has 1 aliphatic carbocycles. The minimum atomic E-state index is -4.01. The van der Waals surface area contributed by atoms with Crippen molar-refractivity contribution in [3.05, 3.63) is 0 Å². The van der Waals surface area contributed by atoms with Gasteiger partial charge in [-0.1, -0.05) is 0 Å². The summed E-state index contributed by atoms with van der Waals surface area (Å²) in [6, 6.07) is 0. The Labute approximate surface area is 103 Å². The van der Waals surface area contributed by atoms with Crippen LogP contribution >= 0.6 is 12.6 Å². The molecule has 3 atom stereocenters. The summed E-state index contributed by atoms with van der Waals surface area (Å²) in [5.74, 6) is -11.5. The van der Waals surface area contributed by atoms with Crippen molar-refractivity contribution in [2.24, 2.45) is 0 Å². The third-order valence-electron chi connectivity index (χ3n) is 3.45. The van der Waals surface area contributed by atoms with Gasteiger partial charge >= 0.3 is 0 Å². The van der Waals surface area contributed by atoms with Gasteiger partial charge in [0.25, 0.3) is 11.6 Å². The molecule has 1 aliphatic rings. The largest absolute Gasteiger partial charge is 0.392 e. The van der Waals surface area contributed by atoms with Gasteiger partial charge in [-0.2, -0.15) is 12.6 Å². The summed E-state index contributed by atoms with van der Waals surface area (Å²) in [5.41, 5.74) is -5.48. The Morgan fingerprint density at radius 2 is 1.18 bits per heavy atom. The molecule has 0 heterocycles. The standard InChI is InChI=1S/C7H15BO8S/c1-3(9)2(17)4(8,10)6(13,14)7(15,16)5(3,11)12/h2,9-17H,8H2,1H3. The van der Waals surface area contributed by atoms with E-state index in [0.717, 1.165) is 14.8 Å². The predicted molar refractivity (Wildman–Crippen MR) is 58.4 cm³/mol. The van der Waals surface area contributed by atoms with E-state index in [0.29, 0.717) is 0 Å². The first-order valence-electron chi connectivity index (χ1n) is 4.62. The van der Waals surface area contributed by atoms with E-state index in [9.17, 15) is 40.9 Å². The smallest absolute Gasteiger partial charge is 0.279 e. The van der Waals surface area contributed by atoms with Crippen LogP contribution in [-0.2, 0) is 0 Å². The van der Waals surface area contributed by atoms with Crippen LogP contribution in [0.25, 0.3) is 0 Å². The molecule has 0 radical (unpaired) electrons. The number of thiol groups is 1. The first-order chi connectivity index (χ1) is 7.15. The minimum Gasteiger partial charge on any atom is -0.392 e. The van der Waals surface area contributed by atoms with E-state index in [1.807, 2.05) is 0 Å². The number of aliphatic hydroxyl groups is 8. The Bertz CT molecular complexity index is 309. The fourth-order valence-corrected chi connectivity index (χ4v) is 2.24. The van der Waals surface area contributed by atoms with Crippen molar-refractivity contribution in [2.75, 3.05) is 0 Å². The Balaban J connectivity index is 3.56.